The van der Waals surface area contributed by atoms with Crippen LogP contribution in [0, 0.1) is 0 Å². The lowest BCUT2D eigenvalue weighted by molar-refractivity contribution is 0.0686. The highest BCUT2D eigenvalue weighted by molar-refractivity contribution is 5.88. The second-order valence-corrected chi connectivity index (χ2v) is 6.59. The van der Waals surface area contributed by atoms with Crippen molar-refractivity contribution >= 4 is 17.9 Å². The third-order valence-corrected chi connectivity index (χ3v) is 4.01. The number of carboxylic acid groups (broad SMARTS) is 3. The van der Waals surface area contributed by atoms with E-state index in [1.165, 1.54) is 0 Å². The molecule has 3 N–H and O–H groups in total. The number of rotatable bonds is 3. The van der Waals surface area contributed by atoms with Gasteiger partial charge >= 0.3 is 17.9 Å². The van der Waals surface area contributed by atoms with Gasteiger partial charge in [-0.3, -0.25) is 0 Å². The fourth-order valence-electron chi connectivity index (χ4n) is 2.33. The van der Waals surface area contributed by atoms with Crippen LogP contribution in [0.15, 0.2) is 91.0 Å². The van der Waals surface area contributed by atoms with E-state index in [1.807, 2.05) is 0 Å². The molecular formula is C26H28O8. The van der Waals surface area contributed by atoms with E-state index >= 15 is 0 Å². The van der Waals surface area contributed by atoms with Crippen molar-refractivity contribution in [3.63, 3.8) is 0 Å². The van der Waals surface area contributed by atoms with E-state index in [0.717, 1.165) is 32.8 Å². The molecule has 3 aromatic rings. The zero-order chi connectivity index (χ0) is 25.0. The maximum absolute atomic E-state index is 10.2. The number of carboxylic acids is 3. The first-order valence-corrected chi connectivity index (χ1v) is 10.4. The standard InChI is InChI=1S/3C7H6O2.C5H10O2/c3*8-7(9)6-4-2-1-3-5-6;1-2-6-4-5-7-3-1/h3*1-5H,(H,8,9);1-5H2. The van der Waals surface area contributed by atoms with Crippen LogP contribution in [-0.4, -0.2) is 59.7 Å². The Morgan fingerprint density at radius 3 is 0.941 bits per heavy atom. The summed E-state index contributed by atoms with van der Waals surface area (Å²) in [5, 5.41) is 25.2. The molecule has 8 nitrogen and oxygen atoms in total. The molecular weight excluding hydrogens is 440 g/mol. The van der Waals surface area contributed by atoms with E-state index in [-0.39, 0.29) is 0 Å². The van der Waals surface area contributed by atoms with Crippen molar-refractivity contribution in [1.82, 2.24) is 0 Å². The van der Waals surface area contributed by atoms with E-state index in [0.29, 0.717) is 16.7 Å². The summed E-state index contributed by atoms with van der Waals surface area (Å²) < 4.78 is 10.1. The molecule has 180 valence electrons. The Morgan fingerprint density at radius 1 is 0.471 bits per heavy atom. The molecule has 0 atom stereocenters. The highest BCUT2D eigenvalue weighted by atomic mass is 16.5. The minimum atomic E-state index is -0.879. The van der Waals surface area contributed by atoms with Gasteiger partial charge in [-0.15, -0.1) is 0 Å². The number of hydrogen-bond donors (Lipinski definition) is 3. The molecule has 8 heteroatoms. The van der Waals surface area contributed by atoms with E-state index in [2.05, 4.69) is 0 Å². The lowest BCUT2D eigenvalue weighted by Crippen LogP contribution is -1.96. The predicted molar refractivity (Wildman–Crippen MR) is 126 cm³/mol. The van der Waals surface area contributed by atoms with Crippen LogP contribution in [0.4, 0.5) is 0 Å². The maximum atomic E-state index is 10.2. The van der Waals surface area contributed by atoms with E-state index in [4.69, 9.17) is 24.8 Å². The van der Waals surface area contributed by atoms with Crippen molar-refractivity contribution in [1.29, 1.82) is 0 Å². The van der Waals surface area contributed by atoms with Gasteiger partial charge in [0.05, 0.1) is 29.9 Å². The molecule has 34 heavy (non-hydrogen) atoms. The average Bonchev–Trinajstić information content (AvgIpc) is 3.20. The Morgan fingerprint density at radius 2 is 0.735 bits per heavy atom. The van der Waals surface area contributed by atoms with Crippen molar-refractivity contribution in [3.05, 3.63) is 108 Å². The Hall–Kier alpha value is -4.01. The topological polar surface area (TPSA) is 130 Å². The van der Waals surface area contributed by atoms with Crippen LogP contribution in [0.3, 0.4) is 0 Å². The second-order valence-electron chi connectivity index (χ2n) is 6.59. The van der Waals surface area contributed by atoms with Gasteiger partial charge in [0.2, 0.25) is 0 Å². The normalized spacial score (nSPS) is 12.0. The molecule has 3 aromatic carbocycles. The molecule has 0 amide bonds. The fourth-order valence-corrected chi connectivity index (χ4v) is 2.33. The van der Waals surface area contributed by atoms with E-state index < -0.39 is 17.9 Å². The monoisotopic (exact) mass is 468 g/mol. The Kier molecular flexibility index (Phi) is 14.5. The minimum absolute atomic E-state index is 0.331. The smallest absolute Gasteiger partial charge is 0.335 e. The number of benzene rings is 3. The predicted octanol–water partition coefficient (Wildman–Crippen LogP) is 4.58. The van der Waals surface area contributed by atoms with Gasteiger partial charge in [-0.25, -0.2) is 14.4 Å². The van der Waals surface area contributed by atoms with Gasteiger partial charge in [0, 0.05) is 13.2 Å². The van der Waals surface area contributed by atoms with Gasteiger partial charge in [-0.05, 0) is 42.8 Å². The zero-order valence-electron chi connectivity index (χ0n) is 18.6. The summed E-state index contributed by atoms with van der Waals surface area (Å²) in [6.07, 6.45) is 1.06. The van der Waals surface area contributed by atoms with Crippen LogP contribution in [0.25, 0.3) is 0 Å². The first-order valence-electron chi connectivity index (χ1n) is 10.4. The Balaban J connectivity index is 0.000000228. The summed E-state index contributed by atoms with van der Waals surface area (Å²) >= 11 is 0. The highest BCUT2D eigenvalue weighted by Crippen LogP contribution is 1.97. The van der Waals surface area contributed by atoms with Crippen LogP contribution < -0.4 is 0 Å². The lowest BCUT2D eigenvalue weighted by Gasteiger charge is -1.91. The molecule has 1 aliphatic rings. The summed E-state index contributed by atoms with van der Waals surface area (Å²) in [5.41, 5.74) is 0.993. The van der Waals surface area contributed by atoms with Gasteiger partial charge in [0.25, 0.3) is 0 Å². The van der Waals surface area contributed by atoms with Gasteiger partial charge in [0.1, 0.15) is 0 Å². The molecule has 0 unspecified atom stereocenters. The molecule has 1 heterocycles. The average molecular weight is 469 g/mol. The van der Waals surface area contributed by atoms with Crippen LogP contribution >= 0.6 is 0 Å². The second kappa shape index (κ2) is 17.5. The molecule has 1 saturated heterocycles. The molecule has 0 bridgehead atoms. The molecule has 1 aliphatic heterocycles. The van der Waals surface area contributed by atoms with Gasteiger partial charge in [0.15, 0.2) is 0 Å². The summed E-state index contributed by atoms with van der Waals surface area (Å²) in [6.45, 7) is 3.31. The molecule has 0 spiro atoms. The van der Waals surface area contributed by atoms with Gasteiger partial charge < -0.3 is 24.8 Å². The summed E-state index contributed by atoms with van der Waals surface area (Å²) in [4.78, 5) is 30.6. The first kappa shape index (κ1) is 28.0. The first-order chi connectivity index (χ1) is 16.4. The van der Waals surface area contributed by atoms with E-state index in [1.54, 1.807) is 91.0 Å². The SMILES string of the molecule is C1COCCOC1.O=C(O)c1ccccc1.O=C(O)c1ccccc1.O=C(O)c1ccccc1. The number of ether oxygens (including phenoxy) is 2. The molecule has 4 rings (SSSR count). The van der Waals surface area contributed by atoms with Crippen LogP contribution in [0.2, 0.25) is 0 Å². The fraction of sp³-hybridized carbons (Fsp3) is 0.192. The minimum Gasteiger partial charge on any atom is -0.478 e. The third-order valence-electron chi connectivity index (χ3n) is 4.01. The number of carbonyl (C=O) groups is 3. The summed E-state index contributed by atoms with van der Waals surface area (Å²) in [7, 11) is 0. The number of aromatic carboxylic acids is 3. The van der Waals surface area contributed by atoms with Crippen LogP contribution in [0.5, 0.6) is 0 Å². The number of hydrogen-bond acceptors (Lipinski definition) is 5. The van der Waals surface area contributed by atoms with E-state index in [9.17, 15) is 14.4 Å². The van der Waals surface area contributed by atoms with Crippen molar-refractivity contribution in [2.45, 2.75) is 6.42 Å². The molecule has 1 fully saturated rings. The van der Waals surface area contributed by atoms with Crippen molar-refractivity contribution in [2.24, 2.45) is 0 Å². The quantitative estimate of drug-likeness (QED) is 0.509. The van der Waals surface area contributed by atoms with Crippen LogP contribution in [-0.2, 0) is 9.47 Å². The zero-order valence-corrected chi connectivity index (χ0v) is 18.6. The van der Waals surface area contributed by atoms with Crippen LogP contribution in [0.1, 0.15) is 37.5 Å². The third kappa shape index (κ3) is 13.4. The van der Waals surface area contributed by atoms with Gasteiger partial charge in [-0.2, -0.15) is 0 Å². The molecule has 0 aromatic heterocycles. The largest absolute Gasteiger partial charge is 0.478 e. The van der Waals surface area contributed by atoms with Crippen molar-refractivity contribution < 1.29 is 39.2 Å². The lowest BCUT2D eigenvalue weighted by atomic mass is 10.2. The molecule has 0 radical (unpaired) electrons. The van der Waals surface area contributed by atoms with Crippen molar-refractivity contribution in [3.8, 4) is 0 Å². The Bertz CT molecular complexity index is 823. The summed E-state index contributed by atoms with van der Waals surface area (Å²) in [5.74, 6) is -2.64. The Labute approximate surface area is 198 Å². The molecule has 0 aliphatic carbocycles. The van der Waals surface area contributed by atoms with Gasteiger partial charge in [-0.1, -0.05) is 54.6 Å². The highest BCUT2D eigenvalue weighted by Gasteiger charge is 1.98. The summed E-state index contributed by atoms with van der Waals surface area (Å²) in [6, 6.07) is 24.9. The maximum Gasteiger partial charge on any atom is 0.335 e. The molecule has 0 saturated carbocycles. The van der Waals surface area contributed by atoms with Crippen molar-refractivity contribution in [2.75, 3.05) is 26.4 Å².